The van der Waals surface area contributed by atoms with Gasteiger partial charge in [0.2, 0.25) is 0 Å². The van der Waals surface area contributed by atoms with Crippen molar-refractivity contribution in [2.24, 2.45) is 12.8 Å². The van der Waals surface area contributed by atoms with E-state index in [1.807, 2.05) is 36.6 Å². The van der Waals surface area contributed by atoms with Gasteiger partial charge in [-0.25, -0.2) is 4.98 Å². The number of aryl methyl sites for hydroxylation is 3. The Balaban J connectivity index is 1.98. The molecule has 0 aliphatic heterocycles. The molecule has 0 saturated carbocycles. The van der Waals surface area contributed by atoms with Gasteiger partial charge in [0, 0.05) is 32.5 Å². The maximum absolute atomic E-state index is 5.59. The normalized spacial score (nSPS) is 10.8. The molecule has 0 spiro atoms. The van der Waals surface area contributed by atoms with Crippen LogP contribution in [0.2, 0.25) is 0 Å². The first kappa shape index (κ1) is 9.92. The summed E-state index contributed by atoms with van der Waals surface area (Å²) in [6.45, 7) is 1.44. The SMILES string of the molecule is Cn1cc(CCn2cncc2CN)cn1. The maximum atomic E-state index is 5.59. The largest absolute Gasteiger partial charge is 0.333 e. The number of rotatable bonds is 4. The summed E-state index contributed by atoms with van der Waals surface area (Å²) in [6.07, 6.45) is 8.50. The van der Waals surface area contributed by atoms with E-state index in [0.29, 0.717) is 6.54 Å². The Kier molecular flexibility index (Phi) is 2.82. The van der Waals surface area contributed by atoms with Gasteiger partial charge in [-0.05, 0) is 12.0 Å². The van der Waals surface area contributed by atoms with E-state index in [0.717, 1.165) is 18.7 Å². The monoisotopic (exact) mass is 205 g/mol. The third-order valence-corrected chi connectivity index (χ3v) is 2.41. The molecule has 0 fully saturated rings. The highest BCUT2D eigenvalue weighted by Crippen LogP contribution is 2.03. The molecule has 15 heavy (non-hydrogen) atoms. The van der Waals surface area contributed by atoms with Gasteiger partial charge in [0.15, 0.2) is 0 Å². The second kappa shape index (κ2) is 4.27. The quantitative estimate of drug-likeness (QED) is 0.781. The fourth-order valence-corrected chi connectivity index (χ4v) is 1.57. The number of nitrogens with zero attached hydrogens (tertiary/aromatic N) is 4. The maximum Gasteiger partial charge on any atom is 0.0948 e. The summed E-state index contributed by atoms with van der Waals surface area (Å²) in [6, 6.07) is 0. The number of nitrogens with two attached hydrogens (primary N) is 1. The minimum atomic E-state index is 0.535. The molecule has 0 bridgehead atoms. The summed E-state index contributed by atoms with van der Waals surface area (Å²) in [4.78, 5) is 4.07. The number of hydrogen-bond donors (Lipinski definition) is 1. The molecule has 5 nitrogen and oxygen atoms in total. The Morgan fingerprint density at radius 3 is 2.93 bits per heavy atom. The van der Waals surface area contributed by atoms with Crippen molar-refractivity contribution in [1.29, 1.82) is 0 Å². The Hall–Kier alpha value is -1.62. The second-order valence-electron chi connectivity index (χ2n) is 3.55. The highest BCUT2D eigenvalue weighted by atomic mass is 15.2. The Bertz CT molecular complexity index is 428. The minimum absolute atomic E-state index is 0.535. The lowest BCUT2D eigenvalue weighted by atomic mass is 10.2. The Morgan fingerprint density at radius 1 is 1.40 bits per heavy atom. The van der Waals surface area contributed by atoms with Crippen LogP contribution in [-0.2, 0) is 26.6 Å². The lowest BCUT2D eigenvalue weighted by Crippen LogP contribution is -2.07. The van der Waals surface area contributed by atoms with E-state index in [1.54, 1.807) is 0 Å². The molecule has 0 aromatic carbocycles. The van der Waals surface area contributed by atoms with Crippen LogP contribution in [0.15, 0.2) is 24.9 Å². The van der Waals surface area contributed by atoms with Crippen molar-refractivity contribution in [1.82, 2.24) is 19.3 Å². The first-order valence-electron chi connectivity index (χ1n) is 4.96. The van der Waals surface area contributed by atoms with Crippen molar-refractivity contribution in [2.45, 2.75) is 19.5 Å². The summed E-state index contributed by atoms with van der Waals surface area (Å²) < 4.78 is 3.89. The molecule has 80 valence electrons. The zero-order chi connectivity index (χ0) is 10.7. The van der Waals surface area contributed by atoms with E-state index in [1.165, 1.54) is 5.56 Å². The van der Waals surface area contributed by atoms with Gasteiger partial charge in [0.1, 0.15) is 0 Å². The third-order valence-electron chi connectivity index (χ3n) is 2.41. The topological polar surface area (TPSA) is 61.7 Å². The van der Waals surface area contributed by atoms with Crippen molar-refractivity contribution >= 4 is 0 Å². The zero-order valence-electron chi connectivity index (χ0n) is 8.80. The lowest BCUT2D eigenvalue weighted by Gasteiger charge is -2.04. The molecule has 5 heteroatoms. The van der Waals surface area contributed by atoms with Gasteiger partial charge in [-0.2, -0.15) is 5.10 Å². The van der Waals surface area contributed by atoms with Crippen molar-refractivity contribution in [3.8, 4) is 0 Å². The summed E-state index contributed by atoms with van der Waals surface area (Å²) >= 11 is 0. The molecule has 0 saturated heterocycles. The second-order valence-corrected chi connectivity index (χ2v) is 3.55. The molecular weight excluding hydrogens is 190 g/mol. The van der Waals surface area contributed by atoms with Crippen LogP contribution in [0.5, 0.6) is 0 Å². The predicted octanol–water partition coefficient (Wildman–Crippen LogP) is 0.318. The molecule has 2 N–H and O–H groups in total. The first-order valence-corrected chi connectivity index (χ1v) is 4.96. The van der Waals surface area contributed by atoms with Gasteiger partial charge >= 0.3 is 0 Å². The first-order chi connectivity index (χ1) is 7.29. The van der Waals surface area contributed by atoms with Crippen molar-refractivity contribution < 1.29 is 0 Å². The van der Waals surface area contributed by atoms with Gasteiger partial charge in [-0.15, -0.1) is 0 Å². The molecule has 2 heterocycles. The fraction of sp³-hybridized carbons (Fsp3) is 0.400. The summed E-state index contributed by atoms with van der Waals surface area (Å²) in [5.74, 6) is 0. The summed E-state index contributed by atoms with van der Waals surface area (Å²) in [5, 5.41) is 4.13. The van der Waals surface area contributed by atoms with Crippen LogP contribution < -0.4 is 5.73 Å². The highest BCUT2D eigenvalue weighted by molar-refractivity contribution is 5.05. The molecule has 2 rings (SSSR count). The zero-order valence-corrected chi connectivity index (χ0v) is 8.80. The average molecular weight is 205 g/mol. The minimum Gasteiger partial charge on any atom is -0.333 e. The van der Waals surface area contributed by atoms with Gasteiger partial charge < -0.3 is 10.3 Å². The van der Waals surface area contributed by atoms with Crippen LogP contribution in [-0.4, -0.2) is 19.3 Å². The molecule has 2 aromatic rings. The van der Waals surface area contributed by atoms with Gasteiger partial charge in [-0.3, -0.25) is 4.68 Å². The predicted molar refractivity (Wildman–Crippen MR) is 57.0 cm³/mol. The Morgan fingerprint density at radius 2 is 2.27 bits per heavy atom. The van der Waals surface area contributed by atoms with E-state index in [-0.39, 0.29) is 0 Å². The summed E-state index contributed by atoms with van der Waals surface area (Å²) in [5.41, 5.74) is 7.89. The van der Waals surface area contributed by atoms with E-state index >= 15 is 0 Å². The molecule has 0 radical (unpaired) electrons. The van der Waals surface area contributed by atoms with Gasteiger partial charge in [0.05, 0.1) is 18.2 Å². The number of imidazole rings is 1. The molecular formula is C10H15N5. The van der Waals surface area contributed by atoms with Crippen LogP contribution in [0, 0.1) is 0 Å². The average Bonchev–Trinajstić information content (AvgIpc) is 2.83. The number of aromatic nitrogens is 4. The van der Waals surface area contributed by atoms with E-state index in [9.17, 15) is 0 Å². The van der Waals surface area contributed by atoms with Crippen LogP contribution in [0.4, 0.5) is 0 Å². The smallest absolute Gasteiger partial charge is 0.0948 e. The van der Waals surface area contributed by atoms with Crippen molar-refractivity contribution in [3.05, 3.63) is 36.2 Å². The van der Waals surface area contributed by atoms with Crippen LogP contribution >= 0.6 is 0 Å². The Labute approximate surface area is 88.5 Å². The van der Waals surface area contributed by atoms with Crippen LogP contribution in [0.25, 0.3) is 0 Å². The van der Waals surface area contributed by atoms with Crippen LogP contribution in [0.1, 0.15) is 11.3 Å². The molecule has 0 aliphatic rings. The van der Waals surface area contributed by atoms with Crippen LogP contribution in [0.3, 0.4) is 0 Å². The van der Waals surface area contributed by atoms with E-state index in [4.69, 9.17) is 5.73 Å². The van der Waals surface area contributed by atoms with Gasteiger partial charge in [-0.1, -0.05) is 0 Å². The van der Waals surface area contributed by atoms with E-state index in [2.05, 4.69) is 14.6 Å². The standard InChI is InChI=1S/C10H15N5/c1-14-7-9(5-13-14)2-3-15-8-12-6-10(15)4-11/h5-8H,2-4,11H2,1H3. The van der Waals surface area contributed by atoms with E-state index < -0.39 is 0 Å². The summed E-state index contributed by atoms with van der Waals surface area (Å²) in [7, 11) is 1.92. The highest BCUT2D eigenvalue weighted by Gasteiger charge is 2.01. The number of hydrogen-bond acceptors (Lipinski definition) is 3. The molecule has 0 aliphatic carbocycles. The van der Waals surface area contributed by atoms with Crippen molar-refractivity contribution in [3.63, 3.8) is 0 Å². The molecule has 0 atom stereocenters. The van der Waals surface area contributed by atoms with Crippen molar-refractivity contribution in [2.75, 3.05) is 0 Å². The third kappa shape index (κ3) is 2.24. The molecule has 2 aromatic heterocycles. The van der Waals surface area contributed by atoms with Gasteiger partial charge in [0.25, 0.3) is 0 Å². The fourth-order valence-electron chi connectivity index (χ4n) is 1.57. The lowest BCUT2D eigenvalue weighted by molar-refractivity contribution is 0.660. The molecule has 0 amide bonds. The molecule has 0 unspecified atom stereocenters.